The lowest BCUT2D eigenvalue weighted by Crippen LogP contribution is -2.28. The highest BCUT2D eigenvalue weighted by atomic mass is 14.9. The second kappa shape index (κ2) is 7.03. The topological polar surface area (TPSA) is 24.9 Å². The van der Waals surface area contributed by atoms with E-state index in [4.69, 9.17) is 6.42 Å². The molecule has 0 radical (unpaired) electrons. The summed E-state index contributed by atoms with van der Waals surface area (Å²) in [7, 11) is 0. The number of aromatic nitrogens is 1. The van der Waals surface area contributed by atoms with Gasteiger partial charge in [-0.3, -0.25) is 4.98 Å². The second-order valence-corrected chi connectivity index (χ2v) is 3.57. The summed E-state index contributed by atoms with van der Waals surface area (Å²) in [4.78, 5) is 3.99. The third-order valence-electron chi connectivity index (χ3n) is 2.31. The molecule has 0 spiro atoms. The van der Waals surface area contributed by atoms with E-state index in [1.54, 1.807) is 0 Å². The molecule has 15 heavy (non-hydrogen) atoms. The lowest BCUT2D eigenvalue weighted by Gasteiger charge is -2.11. The van der Waals surface area contributed by atoms with Crippen molar-refractivity contribution < 1.29 is 0 Å². The highest BCUT2D eigenvalue weighted by Gasteiger charge is 2.03. The summed E-state index contributed by atoms with van der Waals surface area (Å²) < 4.78 is 0. The second-order valence-electron chi connectivity index (χ2n) is 3.57. The molecule has 1 atom stereocenters. The molecule has 0 saturated carbocycles. The number of pyridine rings is 1. The van der Waals surface area contributed by atoms with Gasteiger partial charge in [0.2, 0.25) is 0 Å². The maximum atomic E-state index is 5.45. The zero-order valence-electron chi connectivity index (χ0n) is 9.24. The predicted octanol–water partition coefficient (Wildman–Crippen LogP) is 2.02. The van der Waals surface area contributed by atoms with Crippen LogP contribution in [0, 0.1) is 12.3 Å². The van der Waals surface area contributed by atoms with Gasteiger partial charge in [-0.15, -0.1) is 6.42 Å². The molecule has 1 heterocycles. The molecule has 1 unspecified atom stereocenters. The average molecular weight is 202 g/mol. The van der Waals surface area contributed by atoms with Gasteiger partial charge in [-0.05, 0) is 43.5 Å². The number of hydrogen-bond donors (Lipinski definition) is 1. The van der Waals surface area contributed by atoms with Crippen LogP contribution in [-0.4, -0.2) is 17.6 Å². The van der Waals surface area contributed by atoms with Gasteiger partial charge >= 0.3 is 0 Å². The monoisotopic (exact) mass is 202 g/mol. The van der Waals surface area contributed by atoms with Crippen LogP contribution in [0.5, 0.6) is 0 Å². The van der Waals surface area contributed by atoms with Crippen molar-refractivity contribution in [2.75, 3.05) is 6.54 Å². The molecule has 1 rings (SSSR count). The first-order valence-corrected chi connectivity index (χ1v) is 5.45. The van der Waals surface area contributed by atoms with Crippen molar-refractivity contribution in [2.45, 2.75) is 32.2 Å². The van der Waals surface area contributed by atoms with Crippen LogP contribution in [0.25, 0.3) is 0 Å². The van der Waals surface area contributed by atoms with E-state index in [1.807, 2.05) is 24.5 Å². The highest BCUT2D eigenvalue weighted by Crippen LogP contribution is 2.03. The van der Waals surface area contributed by atoms with E-state index in [9.17, 15) is 0 Å². The van der Waals surface area contributed by atoms with Gasteiger partial charge in [0.05, 0.1) is 6.04 Å². The molecule has 80 valence electrons. The first-order chi connectivity index (χ1) is 7.36. The molecule has 2 heteroatoms. The van der Waals surface area contributed by atoms with Gasteiger partial charge in [0.25, 0.3) is 0 Å². The van der Waals surface area contributed by atoms with Gasteiger partial charge in [-0.1, -0.05) is 12.8 Å². The largest absolute Gasteiger partial charge is 0.304 e. The Morgan fingerprint density at radius 3 is 2.80 bits per heavy atom. The highest BCUT2D eigenvalue weighted by molar-refractivity contribution is 5.11. The fourth-order valence-electron chi connectivity index (χ4n) is 1.42. The van der Waals surface area contributed by atoms with Gasteiger partial charge in [0.15, 0.2) is 0 Å². The molecule has 1 aromatic rings. The summed E-state index contributed by atoms with van der Waals surface area (Å²) in [6.07, 6.45) is 12.2. The zero-order chi connectivity index (χ0) is 10.9. The van der Waals surface area contributed by atoms with Crippen molar-refractivity contribution in [3.05, 3.63) is 30.1 Å². The molecular formula is C13H18N2. The van der Waals surface area contributed by atoms with E-state index < -0.39 is 0 Å². The summed E-state index contributed by atoms with van der Waals surface area (Å²) in [5, 5.41) is 3.34. The Labute approximate surface area is 92.1 Å². The number of rotatable bonds is 6. The first-order valence-electron chi connectivity index (χ1n) is 5.45. The van der Waals surface area contributed by atoms with E-state index in [0.717, 1.165) is 25.8 Å². The van der Waals surface area contributed by atoms with E-state index in [1.165, 1.54) is 5.56 Å². The SMILES string of the molecule is C#CC(CCc1ccncc1)NCCC. The van der Waals surface area contributed by atoms with E-state index in [2.05, 4.69) is 23.1 Å². The lowest BCUT2D eigenvalue weighted by molar-refractivity contribution is 0.566. The summed E-state index contributed by atoms with van der Waals surface area (Å²) in [6.45, 7) is 3.13. The Kier molecular flexibility index (Phi) is 5.50. The number of nitrogens with one attached hydrogen (secondary N) is 1. The number of terminal acetylenes is 1. The molecule has 0 bridgehead atoms. The van der Waals surface area contributed by atoms with Crippen LogP contribution in [0.1, 0.15) is 25.3 Å². The normalized spacial score (nSPS) is 12.0. The molecule has 2 nitrogen and oxygen atoms in total. The van der Waals surface area contributed by atoms with Crippen molar-refractivity contribution in [3.8, 4) is 12.3 Å². The third-order valence-corrected chi connectivity index (χ3v) is 2.31. The van der Waals surface area contributed by atoms with E-state index >= 15 is 0 Å². The Hall–Kier alpha value is -1.33. The van der Waals surface area contributed by atoms with Crippen LogP contribution in [0.15, 0.2) is 24.5 Å². The van der Waals surface area contributed by atoms with Gasteiger partial charge in [-0.2, -0.15) is 0 Å². The van der Waals surface area contributed by atoms with Gasteiger partial charge in [0, 0.05) is 12.4 Å². The van der Waals surface area contributed by atoms with Crippen molar-refractivity contribution in [1.82, 2.24) is 10.3 Å². The third kappa shape index (κ3) is 4.62. The zero-order valence-corrected chi connectivity index (χ0v) is 9.24. The van der Waals surface area contributed by atoms with Crippen LogP contribution >= 0.6 is 0 Å². The first kappa shape index (κ1) is 11.7. The van der Waals surface area contributed by atoms with Gasteiger partial charge in [0.1, 0.15) is 0 Å². The molecule has 0 fully saturated rings. The minimum absolute atomic E-state index is 0.193. The van der Waals surface area contributed by atoms with Crippen molar-refractivity contribution in [1.29, 1.82) is 0 Å². The summed E-state index contributed by atoms with van der Waals surface area (Å²) >= 11 is 0. The summed E-state index contributed by atoms with van der Waals surface area (Å²) in [5.74, 6) is 2.78. The van der Waals surface area contributed by atoms with Crippen LogP contribution in [0.3, 0.4) is 0 Å². The van der Waals surface area contributed by atoms with Crippen molar-refractivity contribution >= 4 is 0 Å². The van der Waals surface area contributed by atoms with Crippen LogP contribution < -0.4 is 5.32 Å². The summed E-state index contributed by atoms with van der Waals surface area (Å²) in [6, 6.07) is 4.26. The number of aryl methyl sites for hydroxylation is 1. The Morgan fingerprint density at radius 2 is 2.20 bits per heavy atom. The van der Waals surface area contributed by atoms with Crippen LogP contribution in [0.2, 0.25) is 0 Å². The maximum absolute atomic E-state index is 5.45. The molecular weight excluding hydrogens is 184 g/mol. The molecule has 0 saturated heterocycles. The van der Waals surface area contributed by atoms with Gasteiger partial charge < -0.3 is 5.32 Å². The molecule has 0 aliphatic heterocycles. The van der Waals surface area contributed by atoms with Crippen molar-refractivity contribution in [2.24, 2.45) is 0 Å². The molecule has 1 N–H and O–H groups in total. The van der Waals surface area contributed by atoms with Crippen LogP contribution in [0.4, 0.5) is 0 Å². The number of nitrogens with zero attached hydrogens (tertiary/aromatic N) is 1. The Morgan fingerprint density at radius 1 is 1.47 bits per heavy atom. The van der Waals surface area contributed by atoms with Gasteiger partial charge in [-0.25, -0.2) is 0 Å². The summed E-state index contributed by atoms with van der Waals surface area (Å²) in [5.41, 5.74) is 1.29. The smallest absolute Gasteiger partial charge is 0.0690 e. The quantitative estimate of drug-likeness (QED) is 0.714. The standard InChI is InChI=1S/C13H18N2/c1-3-9-15-13(4-2)6-5-12-7-10-14-11-8-12/h2,7-8,10-11,13,15H,3,5-6,9H2,1H3. The van der Waals surface area contributed by atoms with Crippen LogP contribution in [-0.2, 0) is 6.42 Å². The maximum Gasteiger partial charge on any atom is 0.0690 e. The molecule has 1 aromatic heterocycles. The molecule has 0 aliphatic rings. The molecule has 0 amide bonds. The average Bonchev–Trinajstić information content (AvgIpc) is 2.31. The van der Waals surface area contributed by atoms with Crippen molar-refractivity contribution in [3.63, 3.8) is 0 Å². The lowest BCUT2D eigenvalue weighted by atomic mass is 10.1. The van der Waals surface area contributed by atoms with E-state index in [0.29, 0.717) is 0 Å². The Balaban J connectivity index is 2.32. The minimum atomic E-state index is 0.193. The minimum Gasteiger partial charge on any atom is -0.304 e. The Bertz CT molecular complexity index is 300. The number of hydrogen-bond acceptors (Lipinski definition) is 2. The van der Waals surface area contributed by atoms with E-state index in [-0.39, 0.29) is 6.04 Å². The fourth-order valence-corrected chi connectivity index (χ4v) is 1.42. The molecule has 0 aromatic carbocycles. The fraction of sp³-hybridized carbons (Fsp3) is 0.462. The predicted molar refractivity (Wildman–Crippen MR) is 63.5 cm³/mol. The molecule has 0 aliphatic carbocycles.